The Morgan fingerprint density at radius 2 is 1.39 bits per heavy atom. The molecule has 0 aliphatic heterocycles. The molecule has 0 radical (unpaired) electrons. The molecule has 0 saturated carbocycles. The molecule has 0 N–H and O–H groups in total. The Morgan fingerprint density at radius 1 is 0.833 bits per heavy atom. The van der Waals surface area contributed by atoms with E-state index < -0.39 is 0 Å². The zero-order valence-corrected chi connectivity index (χ0v) is 12.9. The van der Waals surface area contributed by atoms with Gasteiger partial charge in [-0.3, -0.25) is 4.90 Å². The molecule has 0 amide bonds. The van der Waals surface area contributed by atoms with Gasteiger partial charge in [0, 0.05) is 19.1 Å². The number of rotatable bonds is 12. The van der Waals surface area contributed by atoms with Crippen LogP contribution < -0.4 is 0 Å². The zero-order valence-electron chi connectivity index (χ0n) is 12.9. The average Bonchev–Trinajstić information content (AvgIpc) is 2.36. The fourth-order valence-corrected chi connectivity index (χ4v) is 1.66. The van der Waals surface area contributed by atoms with Crippen molar-refractivity contribution in [2.24, 2.45) is 0 Å². The molecule has 0 unspecified atom stereocenters. The highest BCUT2D eigenvalue weighted by molar-refractivity contribution is 4.59. The first-order valence-electron chi connectivity index (χ1n) is 7.19. The summed E-state index contributed by atoms with van der Waals surface area (Å²) in [6.07, 6.45) is 0. The van der Waals surface area contributed by atoms with Gasteiger partial charge in [-0.15, -0.1) is 0 Å². The van der Waals surface area contributed by atoms with Gasteiger partial charge in [0.05, 0.1) is 26.4 Å². The third kappa shape index (κ3) is 9.83. The molecule has 0 aromatic heterocycles. The van der Waals surface area contributed by atoms with Crippen LogP contribution in [0.4, 0.5) is 0 Å². The summed E-state index contributed by atoms with van der Waals surface area (Å²) in [6, 6.07) is 0.597. The highest BCUT2D eigenvalue weighted by atomic mass is 16.5. The van der Waals surface area contributed by atoms with Crippen LogP contribution >= 0.6 is 0 Å². The van der Waals surface area contributed by atoms with Gasteiger partial charge in [-0.25, -0.2) is 0 Å². The first-order chi connectivity index (χ1) is 8.61. The largest absolute Gasteiger partial charge is 0.378 e. The maximum Gasteiger partial charge on any atom is 0.0701 e. The summed E-state index contributed by atoms with van der Waals surface area (Å²) in [5.74, 6) is 0. The standard InChI is InChI=1S/C14H32N2O2/c1-6-15(5)8-10-17-12-13-18-11-9-16(7-2)14(3)4/h14H,6-13H2,1-5H3. The Hall–Kier alpha value is -0.160. The van der Waals surface area contributed by atoms with Gasteiger partial charge >= 0.3 is 0 Å². The van der Waals surface area contributed by atoms with Crippen LogP contribution in [0.1, 0.15) is 27.7 Å². The smallest absolute Gasteiger partial charge is 0.0701 e. The summed E-state index contributed by atoms with van der Waals surface area (Å²) in [6.45, 7) is 15.9. The second-order valence-electron chi connectivity index (χ2n) is 4.84. The molecule has 0 heterocycles. The van der Waals surface area contributed by atoms with E-state index in [4.69, 9.17) is 9.47 Å². The van der Waals surface area contributed by atoms with E-state index in [2.05, 4.69) is 44.5 Å². The second kappa shape index (κ2) is 11.9. The van der Waals surface area contributed by atoms with E-state index in [1.807, 2.05) is 0 Å². The maximum atomic E-state index is 5.57. The van der Waals surface area contributed by atoms with Crippen molar-refractivity contribution in [3.8, 4) is 0 Å². The minimum atomic E-state index is 0.597. The number of hydrogen-bond donors (Lipinski definition) is 0. The quantitative estimate of drug-likeness (QED) is 0.499. The molecule has 0 aromatic rings. The van der Waals surface area contributed by atoms with Crippen molar-refractivity contribution in [2.45, 2.75) is 33.7 Å². The number of hydrogen-bond acceptors (Lipinski definition) is 4. The van der Waals surface area contributed by atoms with Crippen molar-refractivity contribution < 1.29 is 9.47 Å². The molecular formula is C14H32N2O2. The molecule has 0 saturated heterocycles. The van der Waals surface area contributed by atoms with Crippen molar-refractivity contribution >= 4 is 0 Å². The van der Waals surface area contributed by atoms with Gasteiger partial charge in [0.2, 0.25) is 0 Å². The summed E-state index contributed by atoms with van der Waals surface area (Å²) in [5.41, 5.74) is 0. The Kier molecular flexibility index (Phi) is 11.8. The molecule has 18 heavy (non-hydrogen) atoms. The molecule has 0 fully saturated rings. The SMILES string of the molecule is CCN(C)CCOCCOCCN(CC)C(C)C. The van der Waals surface area contributed by atoms with Gasteiger partial charge in [-0.1, -0.05) is 13.8 Å². The number of likely N-dealkylation sites (N-methyl/N-ethyl adjacent to an activating group) is 2. The summed E-state index contributed by atoms with van der Waals surface area (Å²) in [7, 11) is 2.10. The topological polar surface area (TPSA) is 24.9 Å². The monoisotopic (exact) mass is 260 g/mol. The van der Waals surface area contributed by atoms with Crippen LogP contribution in [0.5, 0.6) is 0 Å². The highest BCUT2D eigenvalue weighted by Gasteiger charge is 2.05. The first kappa shape index (κ1) is 17.8. The minimum absolute atomic E-state index is 0.597. The van der Waals surface area contributed by atoms with Crippen LogP contribution in [-0.2, 0) is 9.47 Å². The predicted octanol–water partition coefficient (Wildman–Crippen LogP) is 1.70. The molecular weight excluding hydrogens is 228 g/mol. The van der Waals surface area contributed by atoms with Gasteiger partial charge < -0.3 is 14.4 Å². The number of nitrogens with zero attached hydrogens (tertiary/aromatic N) is 2. The van der Waals surface area contributed by atoms with Gasteiger partial charge in [0.1, 0.15) is 0 Å². The summed E-state index contributed by atoms with van der Waals surface area (Å²) in [4.78, 5) is 4.64. The van der Waals surface area contributed by atoms with Crippen molar-refractivity contribution in [1.82, 2.24) is 9.80 Å². The van der Waals surface area contributed by atoms with Crippen LogP contribution in [0.25, 0.3) is 0 Å². The van der Waals surface area contributed by atoms with E-state index >= 15 is 0 Å². The molecule has 4 nitrogen and oxygen atoms in total. The fraction of sp³-hybridized carbons (Fsp3) is 1.00. The molecule has 0 rings (SSSR count). The minimum Gasteiger partial charge on any atom is -0.378 e. The zero-order chi connectivity index (χ0) is 13.8. The van der Waals surface area contributed by atoms with E-state index in [0.29, 0.717) is 19.3 Å². The van der Waals surface area contributed by atoms with Crippen molar-refractivity contribution in [2.75, 3.05) is 59.7 Å². The molecule has 0 aromatic carbocycles. The third-order valence-electron chi connectivity index (χ3n) is 3.19. The van der Waals surface area contributed by atoms with Gasteiger partial charge in [0.25, 0.3) is 0 Å². The van der Waals surface area contributed by atoms with Crippen LogP contribution in [0.15, 0.2) is 0 Å². The van der Waals surface area contributed by atoms with E-state index in [9.17, 15) is 0 Å². The van der Waals surface area contributed by atoms with Gasteiger partial charge in [-0.2, -0.15) is 0 Å². The normalized spacial score (nSPS) is 12.0. The fourth-order valence-electron chi connectivity index (χ4n) is 1.66. The lowest BCUT2D eigenvalue weighted by Gasteiger charge is -2.24. The Labute approximate surface area is 113 Å². The Morgan fingerprint density at radius 3 is 1.83 bits per heavy atom. The molecule has 110 valence electrons. The van der Waals surface area contributed by atoms with Crippen LogP contribution in [0, 0.1) is 0 Å². The molecule has 0 aliphatic rings. The predicted molar refractivity (Wildman–Crippen MR) is 77.2 cm³/mol. The summed E-state index contributed by atoms with van der Waals surface area (Å²) < 4.78 is 11.1. The van der Waals surface area contributed by atoms with E-state index in [1.165, 1.54) is 0 Å². The van der Waals surface area contributed by atoms with Gasteiger partial charge in [-0.05, 0) is 34.0 Å². The van der Waals surface area contributed by atoms with Crippen LogP contribution in [-0.4, -0.2) is 75.5 Å². The molecule has 0 aliphatic carbocycles. The molecule has 0 atom stereocenters. The summed E-state index contributed by atoms with van der Waals surface area (Å²) >= 11 is 0. The van der Waals surface area contributed by atoms with Crippen molar-refractivity contribution in [3.05, 3.63) is 0 Å². The van der Waals surface area contributed by atoms with Gasteiger partial charge in [0.15, 0.2) is 0 Å². The first-order valence-corrected chi connectivity index (χ1v) is 7.19. The van der Waals surface area contributed by atoms with Crippen molar-refractivity contribution in [1.29, 1.82) is 0 Å². The molecule has 4 heteroatoms. The lowest BCUT2D eigenvalue weighted by molar-refractivity contribution is 0.0311. The van der Waals surface area contributed by atoms with E-state index in [1.54, 1.807) is 0 Å². The average molecular weight is 260 g/mol. The third-order valence-corrected chi connectivity index (χ3v) is 3.19. The maximum absolute atomic E-state index is 5.57. The van der Waals surface area contributed by atoms with Crippen LogP contribution in [0.3, 0.4) is 0 Å². The van der Waals surface area contributed by atoms with E-state index in [0.717, 1.165) is 39.4 Å². The second-order valence-corrected chi connectivity index (χ2v) is 4.84. The molecule has 0 spiro atoms. The Balaban J connectivity index is 3.25. The van der Waals surface area contributed by atoms with Crippen molar-refractivity contribution in [3.63, 3.8) is 0 Å². The lowest BCUT2D eigenvalue weighted by atomic mass is 10.3. The van der Waals surface area contributed by atoms with E-state index in [-0.39, 0.29) is 0 Å². The summed E-state index contributed by atoms with van der Waals surface area (Å²) in [5, 5.41) is 0. The number of ether oxygens (including phenoxy) is 2. The highest BCUT2D eigenvalue weighted by Crippen LogP contribution is 1.96. The Bertz CT molecular complexity index is 177. The molecule has 0 bridgehead atoms. The lowest BCUT2D eigenvalue weighted by Crippen LogP contribution is -2.33. The van der Waals surface area contributed by atoms with Crippen LogP contribution in [0.2, 0.25) is 0 Å².